The topological polar surface area (TPSA) is 237 Å². The Morgan fingerprint density at radius 2 is 0.511 bits per heavy atom. The number of unbranched alkanes of at least 4 members (excludes halogenated alkanes) is 37. The predicted molar refractivity (Wildman–Crippen MR) is 381 cm³/mol. The first-order chi connectivity index (χ1) is 45.1. The molecule has 0 aromatic heterocycles. The minimum atomic E-state index is -4.96. The molecule has 0 fully saturated rings. The lowest BCUT2D eigenvalue weighted by Crippen LogP contribution is -2.30. The van der Waals surface area contributed by atoms with Gasteiger partial charge >= 0.3 is 39.5 Å². The number of rotatable bonds is 72. The van der Waals surface area contributed by atoms with E-state index in [0.29, 0.717) is 25.7 Å². The van der Waals surface area contributed by atoms with Gasteiger partial charge in [-0.1, -0.05) is 325 Å². The molecule has 0 aromatic carbocycles. The van der Waals surface area contributed by atoms with E-state index in [1.54, 1.807) is 0 Å². The van der Waals surface area contributed by atoms with Gasteiger partial charge in [-0.05, 0) is 49.4 Å². The number of hydrogen-bond acceptors (Lipinski definition) is 15. The summed E-state index contributed by atoms with van der Waals surface area (Å²) in [6, 6.07) is 0. The minimum absolute atomic E-state index is 0.105. The van der Waals surface area contributed by atoms with Crippen LogP contribution >= 0.6 is 15.6 Å². The van der Waals surface area contributed by atoms with Crippen molar-refractivity contribution in [2.75, 3.05) is 39.6 Å². The fourth-order valence-corrected chi connectivity index (χ4v) is 12.9. The summed E-state index contributed by atoms with van der Waals surface area (Å²) >= 11 is 0. The summed E-state index contributed by atoms with van der Waals surface area (Å²) < 4.78 is 68.5. The summed E-state index contributed by atoms with van der Waals surface area (Å²) in [5, 5.41) is 10.6. The average Bonchev–Trinajstić information content (AvgIpc) is 2.31. The molecule has 6 atom stereocenters. The lowest BCUT2D eigenvalue weighted by molar-refractivity contribution is -0.161. The van der Waals surface area contributed by atoms with Gasteiger partial charge in [-0.2, -0.15) is 0 Å². The number of ether oxygens (including phenoxy) is 4. The van der Waals surface area contributed by atoms with Gasteiger partial charge in [-0.25, -0.2) is 9.13 Å². The molecular formula is C75H146O17P2. The third kappa shape index (κ3) is 67.3. The van der Waals surface area contributed by atoms with E-state index < -0.39 is 97.5 Å². The van der Waals surface area contributed by atoms with E-state index >= 15 is 0 Å². The highest BCUT2D eigenvalue weighted by Gasteiger charge is 2.30. The average molecular weight is 1380 g/mol. The normalized spacial score (nSPS) is 14.4. The lowest BCUT2D eigenvalue weighted by atomic mass is 10.00. The van der Waals surface area contributed by atoms with E-state index in [1.165, 1.54) is 173 Å². The number of carbonyl (C=O) groups excluding carboxylic acids is 4. The van der Waals surface area contributed by atoms with Crippen molar-refractivity contribution in [1.29, 1.82) is 0 Å². The Kier molecular flexibility index (Phi) is 63.1. The maximum atomic E-state index is 13.1. The molecule has 0 bridgehead atoms. The molecule has 0 spiro atoms. The molecule has 0 aromatic rings. The highest BCUT2D eigenvalue weighted by atomic mass is 31.2. The van der Waals surface area contributed by atoms with E-state index in [1.807, 2.05) is 0 Å². The molecule has 0 aliphatic carbocycles. The van der Waals surface area contributed by atoms with Gasteiger partial charge in [0, 0.05) is 25.7 Å². The second kappa shape index (κ2) is 64.4. The van der Waals surface area contributed by atoms with E-state index in [0.717, 1.165) is 120 Å². The first-order valence-corrected chi connectivity index (χ1v) is 41.7. The monoisotopic (exact) mass is 1380 g/mol. The van der Waals surface area contributed by atoms with E-state index in [9.17, 15) is 43.2 Å². The Morgan fingerprint density at radius 1 is 0.298 bits per heavy atom. The number of phosphoric ester groups is 2. The summed E-state index contributed by atoms with van der Waals surface area (Å²) in [4.78, 5) is 72.7. The summed E-state index contributed by atoms with van der Waals surface area (Å²) in [6.45, 7) is 14.2. The van der Waals surface area contributed by atoms with Gasteiger partial charge in [-0.3, -0.25) is 37.3 Å². The van der Waals surface area contributed by atoms with Gasteiger partial charge in [0.05, 0.1) is 26.4 Å². The molecule has 0 aliphatic rings. The summed E-state index contributed by atoms with van der Waals surface area (Å²) in [5.41, 5.74) is 0. The Morgan fingerprint density at radius 3 is 0.755 bits per heavy atom. The quantitative estimate of drug-likeness (QED) is 0.0222. The molecule has 3 N–H and O–H groups in total. The third-order valence-corrected chi connectivity index (χ3v) is 19.6. The lowest BCUT2D eigenvalue weighted by Gasteiger charge is -2.21. The van der Waals surface area contributed by atoms with Crippen molar-refractivity contribution >= 4 is 39.5 Å². The van der Waals surface area contributed by atoms with E-state index in [4.69, 9.17) is 37.0 Å². The molecular weight excluding hydrogens is 1230 g/mol. The van der Waals surface area contributed by atoms with Crippen molar-refractivity contribution in [3.05, 3.63) is 0 Å². The van der Waals surface area contributed by atoms with Crippen LogP contribution in [0.5, 0.6) is 0 Å². The van der Waals surface area contributed by atoms with Gasteiger partial charge in [-0.15, -0.1) is 0 Å². The fourth-order valence-electron chi connectivity index (χ4n) is 11.3. The second-order valence-corrected chi connectivity index (χ2v) is 31.6. The molecule has 3 unspecified atom stereocenters. The van der Waals surface area contributed by atoms with Gasteiger partial charge < -0.3 is 33.8 Å². The number of hydrogen-bond donors (Lipinski definition) is 3. The molecule has 17 nitrogen and oxygen atoms in total. The first kappa shape index (κ1) is 92.1. The van der Waals surface area contributed by atoms with Crippen LogP contribution in [0.1, 0.15) is 376 Å². The molecule has 0 heterocycles. The van der Waals surface area contributed by atoms with Crippen LogP contribution in [0.3, 0.4) is 0 Å². The number of esters is 4. The van der Waals surface area contributed by atoms with Crippen molar-refractivity contribution in [2.24, 2.45) is 23.7 Å². The zero-order chi connectivity index (χ0) is 69.6. The standard InChI is InChI=1S/C75H146O17P2/c1-9-68(8)54-46-38-33-34-40-48-56-73(78)86-62-71(92-75(80)58-50-42-32-24-20-16-15-18-22-28-36-44-52-66(4)5)64-90-94(83,84)88-60-69(76)59-87-93(81,82)89-63-70(61-85-72(77)55-47-39-30-26-25-29-37-45-53-67(6)7)91-74(79)57-49-41-31-23-19-14-12-10-11-13-17-21-27-35-43-51-65(2)3/h65-71,76H,9-64H2,1-8H3,(H,81,82)(H,83,84)/t68?,69-,70-,71-/m1/s1. The smallest absolute Gasteiger partial charge is 0.462 e. The Bertz CT molecular complexity index is 1850. The van der Waals surface area contributed by atoms with Crippen LogP contribution in [-0.2, 0) is 65.4 Å². The second-order valence-electron chi connectivity index (χ2n) is 28.7. The predicted octanol–water partition coefficient (Wildman–Crippen LogP) is 21.7. The van der Waals surface area contributed by atoms with Crippen LogP contribution in [0, 0.1) is 23.7 Å². The molecule has 558 valence electrons. The summed E-state index contributed by atoms with van der Waals surface area (Å²) in [6.07, 6.45) is 48.6. The highest BCUT2D eigenvalue weighted by molar-refractivity contribution is 7.47. The number of carbonyl (C=O) groups is 4. The van der Waals surface area contributed by atoms with Crippen LogP contribution in [0.2, 0.25) is 0 Å². The van der Waals surface area contributed by atoms with Crippen molar-refractivity contribution in [3.8, 4) is 0 Å². The maximum Gasteiger partial charge on any atom is 0.472 e. The number of aliphatic hydroxyl groups excluding tert-OH is 1. The maximum absolute atomic E-state index is 13.1. The Hall–Kier alpha value is -1.94. The zero-order valence-electron chi connectivity index (χ0n) is 61.6. The van der Waals surface area contributed by atoms with Crippen molar-refractivity contribution < 1.29 is 80.2 Å². The molecule has 0 rings (SSSR count). The molecule has 0 aliphatic heterocycles. The SMILES string of the molecule is CCC(C)CCCCCCCCC(=O)OC[C@H](COP(=O)(O)OC[C@H](O)COP(=O)(O)OC[C@@H](COC(=O)CCCCCCCCCCC(C)C)OC(=O)CCCCCCCCCCCCCCCCCC(C)C)OC(=O)CCCCCCCCCCCCCCC(C)C. The van der Waals surface area contributed by atoms with Gasteiger partial charge in [0.1, 0.15) is 19.3 Å². The van der Waals surface area contributed by atoms with Crippen LogP contribution in [0.4, 0.5) is 0 Å². The molecule has 0 amide bonds. The van der Waals surface area contributed by atoms with Gasteiger partial charge in [0.15, 0.2) is 12.2 Å². The zero-order valence-corrected chi connectivity index (χ0v) is 63.4. The number of phosphoric acid groups is 2. The minimum Gasteiger partial charge on any atom is -0.462 e. The van der Waals surface area contributed by atoms with Crippen LogP contribution in [0.15, 0.2) is 0 Å². The van der Waals surface area contributed by atoms with E-state index in [-0.39, 0.29) is 25.7 Å². The molecule has 0 saturated carbocycles. The van der Waals surface area contributed by atoms with Crippen molar-refractivity contribution in [2.45, 2.75) is 395 Å². The van der Waals surface area contributed by atoms with Crippen LogP contribution < -0.4 is 0 Å². The molecule has 19 heteroatoms. The molecule has 94 heavy (non-hydrogen) atoms. The van der Waals surface area contributed by atoms with Crippen molar-refractivity contribution in [1.82, 2.24) is 0 Å². The Labute approximate surface area is 575 Å². The van der Waals surface area contributed by atoms with Crippen LogP contribution in [0.25, 0.3) is 0 Å². The largest absolute Gasteiger partial charge is 0.472 e. The van der Waals surface area contributed by atoms with Gasteiger partial charge in [0.2, 0.25) is 0 Å². The first-order valence-electron chi connectivity index (χ1n) is 38.7. The number of aliphatic hydroxyl groups is 1. The van der Waals surface area contributed by atoms with Crippen LogP contribution in [-0.4, -0.2) is 96.7 Å². The van der Waals surface area contributed by atoms with Crippen molar-refractivity contribution in [3.63, 3.8) is 0 Å². The summed E-state index contributed by atoms with van der Waals surface area (Å²) in [7, 11) is -9.91. The fraction of sp³-hybridized carbons (Fsp3) is 0.947. The highest BCUT2D eigenvalue weighted by Crippen LogP contribution is 2.45. The van der Waals surface area contributed by atoms with Gasteiger partial charge in [0.25, 0.3) is 0 Å². The molecule has 0 radical (unpaired) electrons. The molecule has 0 saturated heterocycles. The Balaban J connectivity index is 5.23. The van der Waals surface area contributed by atoms with E-state index in [2.05, 4.69) is 55.4 Å². The third-order valence-electron chi connectivity index (χ3n) is 17.7. The summed E-state index contributed by atoms with van der Waals surface area (Å²) in [5.74, 6) is 0.913.